The highest BCUT2D eigenvalue weighted by molar-refractivity contribution is 7.21. The van der Waals surface area contributed by atoms with Gasteiger partial charge in [0.05, 0.1) is 25.1 Å². The van der Waals surface area contributed by atoms with E-state index in [1.54, 1.807) is 11.3 Å². The van der Waals surface area contributed by atoms with E-state index in [9.17, 15) is 4.79 Å². The number of nitrogens with zero attached hydrogens (tertiary/aromatic N) is 3. The van der Waals surface area contributed by atoms with Gasteiger partial charge in [0.2, 0.25) is 5.91 Å². The summed E-state index contributed by atoms with van der Waals surface area (Å²) in [5.41, 5.74) is 1.15. The number of benzene rings is 1. The first-order valence-corrected chi connectivity index (χ1v) is 10.2. The van der Waals surface area contributed by atoms with Crippen molar-refractivity contribution in [2.75, 3.05) is 51.3 Å². The van der Waals surface area contributed by atoms with E-state index in [2.05, 4.69) is 43.7 Å². The van der Waals surface area contributed by atoms with Crippen molar-refractivity contribution in [3.05, 3.63) is 42.7 Å². The summed E-state index contributed by atoms with van der Waals surface area (Å²) in [6, 6.07) is 12.3. The van der Waals surface area contributed by atoms with Crippen molar-refractivity contribution in [1.29, 1.82) is 0 Å². The molecule has 4 rings (SSSR count). The van der Waals surface area contributed by atoms with Crippen molar-refractivity contribution in [3.63, 3.8) is 0 Å². The molecule has 1 aromatic carbocycles. The molecule has 1 aliphatic rings. The van der Waals surface area contributed by atoms with Crippen LogP contribution in [0.2, 0.25) is 0 Å². The predicted octanol–water partition coefficient (Wildman–Crippen LogP) is 2.22. The molecule has 146 valence electrons. The molecule has 7 nitrogen and oxygen atoms in total. The van der Waals surface area contributed by atoms with E-state index in [4.69, 9.17) is 4.74 Å². The van der Waals surface area contributed by atoms with Gasteiger partial charge >= 0.3 is 0 Å². The predicted molar refractivity (Wildman–Crippen MR) is 112 cm³/mol. The Morgan fingerprint density at radius 1 is 1.18 bits per heavy atom. The summed E-state index contributed by atoms with van der Waals surface area (Å²) >= 11 is 1.62. The number of amides is 1. The summed E-state index contributed by atoms with van der Waals surface area (Å²) in [6.07, 6.45) is 1.53. The third-order valence-corrected chi connectivity index (χ3v) is 5.75. The van der Waals surface area contributed by atoms with Gasteiger partial charge in [0.25, 0.3) is 0 Å². The minimum atomic E-state index is -0.0430. The third-order valence-electron chi connectivity index (χ3n) is 4.66. The highest BCUT2D eigenvalue weighted by Crippen LogP contribution is 2.34. The molecule has 0 saturated carbocycles. The number of morpholine rings is 1. The second-order valence-corrected chi connectivity index (χ2v) is 7.61. The Kier molecular flexibility index (Phi) is 6.11. The van der Waals surface area contributed by atoms with E-state index in [1.807, 2.05) is 18.2 Å². The zero-order valence-electron chi connectivity index (χ0n) is 15.6. The Morgan fingerprint density at radius 2 is 2.00 bits per heavy atom. The molecule has 0 spiro atoms. The second-order valence-electron chi connectivity index (χ2n) is 6.58. The van der Waals surface area contributed by atoms with Gasteiger partial charge in [-0.25, -0.2) is 9.97 Å². The van der Waals surface area contributed by atoms with Gasteiger partial charge in [0.1, 0.15) is 17.0 Å². The quantitative estimate of drug-likeness (QED) is 0.636. The van der Waals surface area contributed by atoms with Crippen LogP contribution >= 0.6 is 11.3 Å². The van der Waals surface area contributed by atoms with Gasteiger partial charge in [-0.3, -0.25) is 9.69 Å². The largest absolute Gasteiger partial charge is 0.379 e. The van der Waals surface area contributed by atoms with Gasteiger partial charge in [-0.1, -0.05) is 30.3 Å². The second kappa shape index (κ2) is 9.09. The zero-order chi connectivity index (χ0) is 19.2. The lowest BCUT2D eigenvalue weighted by Gasteiger charge is -2.26. The van der Waals surface area contributed by atoms with Crippen molar-refractivity contribution in [3.8, 4) is 10.4 Å². The maximum atomic E-state index is 12.2. The number of carbonyl (C=O) groups excluding carboxylic acids is 1. The third kappa shape index (κ3) is 4.64. The van der Waals surface area contributed by atoms with E-state index in [1.165, 1.54) is 6.33 Å². The Balaban J connectivity index is 1.34. The molecule has 8 heteroatoms. The van der Waals surface area contributed by atoms with Crippen LogP contribution in [0.25, 0.3) is 20.7 Å². The number of carbonyl (C=O) groups is 1. The molecular formula is C20H23N5O2S. The van der Waals surface area contributed by atoms with Crippen LogP contribution in [0.15, 0.2) is 42.7 Å². The van der Waals surface area contributed by atoms with Crippen LogP contribution in [-0.4, -0.2) is 66.7 Å². The van der Waals surface area contributed by atoms with Crippen LogP contribution < -0.4 is 10.6 Å². The fourth-order valence-corrected chi connectivity index (χ4v) is 4.15. The monoisotopic (exact) mass is 397 g/mol. The zero-order valence-corrected chi connectivity index (χ0v) is 16.4. The van der Waals surface area contributed by atoms with Gasteiger partial charge in [-0.2, -0.15) is 0 Å². The summed E-state index contributed by atoms with van der Waals surface area (Å²) in [6.45, 7) is 5.05. The molecule has 0 radical (unpaired) electrons. The first-order chi connectivity index (χ1) is 13.8. The Morgan fingerprint density at radius 3 is 2.82 bits per heavy atom. The number of aromatic nitrogens is 2. The molecule has 2 aromatic heterocycles. The summed E-state index contributed by atoms with van der Waals surface area (Å²) in [7, 11) is 0. The highest BCUT2D eigenvalue weighted by atomic mass is 32.1. The molecule has 2 N–H and O–H groups in total. The molecule has 0 unspecified atom stereocenters. The molecular weight excluding hydrogens is 374 g/mol. The topological polar surface area (TPSA) is 79.4 Å². The molecule has 1 amide bonds. The average Bonchev–Trinajstić information content (AvgIpc) is 3.19. The molecule has 1 fully saturated rings. The van der Waals surface area contributed by atoms with E-state index in [0.29, 0.717) is 12.4 Å². The Labute approximate surface area is 167 Å². The van der Waals surface area contributed by atoms with E-state index in [-0.39, 0.29) is 12.5 Å². The molecule has 3 aromatic rings. The SMILES string of the molecule is O=C(CNc1ncnc2sc(-c3ccccc3)cc12)NCCN1CCOCC1. The van der Waals surface area contributed by atoms with Gasteiger partial charge in [-0.05, 0) is 11.6 Å². The number of ether oxygens (including phenoxy) is 1. The first kappa shape index (κ1) is 18.8. The van der Waals surface area contributed by atoms with Crippen LogP contribution in [0.5, 0.6) is 0 Å². The lowest BCUT2D eigenvalue weighted by molar-refractivity contribution is -0.119. The summed E-state index contributed by atoms with van der Waals surface area (Å²) in [5.74, 6) is 0.644. The van der Waals surface area contributed by atoms with Crippen LogP contribution in [-0.2, 0) is 9.53 Å². The smallest absolute Gasteiger partial charge is 0.239 e. The summed E-state index contributed by atoms with van der Waals surface area (Å²) < 4.78 is 5.33. The fourth-order valence-electron chi connectivity index (χ4n) is 3.15. The number of fused-ring (bicyclic) bond motifs is 1. The van der Waals surface area contributed by atoms with E-state index < -0.39 is 0 Å². The number of hydrogen-bond acceptors (Lipinski definition) is 7. The summed E-state index contributed by atoms with van der Waals surface area (Å²) in [4.78, 5) is 25.2. The lowest BCUT2D eigenvalue weighted by atomic mass is 10.2. The standard InChI is InChI=1S/C20H23N5O2S/c26-18(21-6-7-25-8-10-27-11-9-25)13-22-19-16-12-17(15-4-2-1-3-5-15)28-20(16)24-14-23-19/h1-5,12,14H,6-11,13H2,(H,21,26)(H,22,23,24). The van der Waals surface area contributed by atoms with Gasteiger partial charge in [0.15, 0.2) is 0 Å². The highest BCUT2D eigenvalue weighted by Gasteiger charge is 2.12. The molecule has 3 heterocycles. The van der Waals surface area contributed by atoms with Crippen LogP contribution in [0.4, 0.5) is 5.82 Å². The van der Waals surface area contributed by atoms with Gasteiger partial charge < -0.3 is 15.4 Å². The minimum absolute atomic E-state index is 0.0430. The minimum Gasteiger partial charge on any atom is -0.379 e. The van der Waals surface area contributed by atoms with Crippen molar-refractivity contribution in [2.45, 2.75) is 0 Å². The van der Waals surface area contributed by atoms with E-state index >= 15 is 0 Å². The number of thiophene rings is 1. The average molecular weight is 398 g/mol. The number of rotatable bonds is 7. The lowest BCUT2D eigenvalue weighted by Crippen LogP contribution is -2.42. The number of nitrogens with one attached hydrogen (secondary N) is 2. The molecule has 0 atom stereocenters. The maximum Gasteiger partial charge on any atom is 0.239 e. The van der Waals surface area contributed by atoms with Crippen LogP contribution in [0.1, 0.15) is 0 Å². The van der Waals surface area contributed by atoms with Crippen molar-refractivity contribution in [1.82, 2.24) is 20.2 Å². The van der Waals surface area contributed by atoms with Crippen LogP contribution in [0, 0.1) is 0 Å². The fraction of sp³-hybridized carbons (Fsp3) is 0.350. The van der Waals surface area contributed by atoms with Gasteiger partial charge in [-0.15, -0.1) is 11.3 Å². The molecule has 1 saturated heterocycles. The van der Waals surface area contributed by atoms with Crippen molar-refractivity contribution in [2.24, 2.45) is 0 Å². The van der Waals surface area contributed by atoms with Gasteiger partial charge in [0, 0.05) is 31.1 Å². The van der Waals surface area contributed by atoms with Crippen molar-refractivity contribution >= 4 is 33.3 Å². The number of hydrogen-bond donors (Lipinski definition) is 2. The van der Waals surface area contributed by atoms with E-state index in [0.717, 1.165) is 53.5 Å². The molecule has 0 aliphatic carbocycles. The van der Waals surface area contributed by atoms with Crippen LogP contribution in [0.3, 0.4) is 0 Å². The Bertz CT molecular complexity index is 925. The summed E-state index contributed by atoms with van der Waals surface area (Å²) in [5, 5.41) is 7.04. The first-order valence-electron chi connectivity index (χ1n) is 9.40. The number of anilines is 1. The van der Waals surface area contributed by atoms with Crippen molar-refractivity contribution < 1.29 is 9.53 Å². The molecule has 1 aliphatic heterocycles. The molecule has 0 bridgehead atoms. The Hall–Kier alpha value is -2.55. The molecule has 28 heavy (non-hydrogen) atoms. The maximum absolute atomic E-state index is 12.2. The normalized spacial score (nSPS) is 14.9.